The van der Waals surface area contributed by atoms with Crippen molar-refractivity contribution < 1.29 is 4.79 Å². The second-order valence-corrected chi connectivity index (χ2v) is 4.80. The second-order valence-electron chi connectivity index (χ2n) is 4.80. The van der Waals surface area contributed by atoms with Gasteiger partial charge in [0.25, 0.3) is 5.78 Å². The molecule has 2 heterocycles. The van der Waals surface area contributed by atoms with Gasteiger partial charge in [0.2, 0.25) is 5.82 Å². The summed E-state index contributed by atoms with van der Waals surface area (Å²) in [5.74, 6) is -0.0455. The third-order valence-corrected chi connectivity index (χ3v) is 3.00. The van der Waals surface area contributed by atoms with Gasteiger partial charge >= 0.3 is 5.91 Å². The Bertz CT molecular complexity index is 853. The molecule has 1 amide bonds. The van der Waals surface area contributed by atoms with Crippen molar-refractivity contribution in [3.8, 4) is 0 Å². The molecule has 3 aromatic rings. The van der Waals surface area contributed by atoms with Gasteiger partial charge in [0.05, 0.1) is 6.21 Å². The summed E-state index contributed by atoms with van der Waals surface area (Å²) in [5.41, 5.74) is 4.98. The van der Waals surface area contributed by atoms with Gasteiger partial charge in [0.1, 0.15) is 0 Å². The van der Waals surface area contributed by atoms with Crippen molar-refractivity contribution in [1.29, 1.82) is 0 Å². The van der Waals surface area contributed by atoms with E-state index in [1.807, 2.05) is 50.2 Å². The number of amides is 1. The Labute approximate surface area is 126 Å². The number of benzene rings is 1. The molecule has 0 aliphatic heterocycles. The maximum absolute atomic E-state index is 12.0. The Hall–Kier alpha value is -3.09. The summed E-state index contributed by atoms with van der Waals surface area (Å²) in [5, 5.41) is 8.03. The van der Waals surface area contributed by atoms with Crippen LogP contribution in [0.3, 0.4) is 0 Å². The van der Waals surface area contributed by atoms with E-state index in [1.165, 1.54) is 4.52 Å². The standard InChI is InChI=1S/C15H14N6O/c1-10-8-11(2)21-15(17-10)18-13(20-21)14(22)19-16-9-12-6-4-3-5-7-12/h3-9H,1-2H3,(H,19,22). The molecule has 1 N–H and O–H groups in total. The Morgan fingerprint density at radius 1 is 1.23 bits per heavy atom. The predicted molar refractivity (Wildman–Crippen MR) is 81.8 cm³/mol. The maximum Gasteiger partial charge on any atom is 0.311 e. The van der Waals surface area contributed by atoms with Crippen molar-refractivity contribution in [2.24, 2.45) is 5.10 Å². The van der Waals surface area contributed by atoms with E-state index in [-0.39, 0.29) is 5.82 Å². The van der Waals surface area contributed by atoms with E-state index in [0.29, 0.717) is 5.78 Å². The van der Waals surface area contributed by atoms with Crippen LogP contribution in [0.5, 0.6) is 0 Å². The van der Waals surface area contributed by atoms with E-state index in [2.05, 4.69) is 25.6 Å². The second kappa shape index (κ2) is 5.72. The molecular formula is C15H14N6O. The average molecular weight is 294 g/mol. The van der Waals surface area contributed by atoms with Crippen molar-refractivity contribution in [3.05, 3.63) is 59.2 Å². The normalized spacial score (nSPS) is 11.2. The first kappa shape index (κ1) is 13.9. The van der Waals surface area contributed by atoms with Crippen LogP contribution >= 0.6 is 0 Å². The van der Waals surface area contributed by atoms with Crippen LogP contribution in [-0.4, -0.2) is 31.7 Å². The van der Waals surface area contributed by atoms with Gasteiger partial charge in [-0.1, -0.05) is 30.3 Å². The number of nitrogens with zero attached hydrogens (tertiary/aromatic N) is 5. The first-order valence-corrected chi connectivity index (χ1v) is 6.73. The molecule has 0 radical (unpaired) electrons. The summed E-state index contributed by atoms with van der Waals surface area (Å²) in [6.07, 6.45) is 1.56. The van der Waals surface area contributed by atoms with Gasteiger partial charge in [-0.05, 0) is 25.5 Å². The highest BCUT2D eigenvalue weighted by Crippen LogP contribution is 2.05. The fourth-order valence-corrected chi connectivity index (χ4v) is 2.02. The van der Waals surface area contributed by atoms with Gasteiger partial charge in [0, 0.05) is 11.4 Å². The molecule has 7 heteroatoms. The van der Waals surface area contributed by atoms with Crippen molar-refractivity contribution in [2.45, 2.75) is 13.8 Å². The van der Waals surface area contributed by atoms with Crippen LogP contribution in [0.15, 0.2) is 41.5 Å². The zero-order chi connectivity index (χ0) is 15.5. The molecule has 0 atom stereocenters. The lowest BCUT2D eigenvalue weighted by atomic mass is 10.2. The first-order valence-electron chi connectivity index (χ1n) is 6.73. The lowest BCUT2D eigenvalue weighted by Crippen LogP contribution is -2.19. The van der Waals surface area contributed by atoms with Crippen molar-refractivity contribution in [3.63, 3.8) is 0 Å². The minimum absolute atomic E-state index is 0.0337. The number of nitrogens with one attached hydrogen (secondary N) is 1. The monoisotopic (exact) mass is 294 g/mol. The average Bonchev–Trinajstić information content (AvgIpc) is 2.92. The minimum Gasteiger partial charge on any atom is -0.264 e. The lowest BCUT2D eigenvalue weighted by molar-refractivity contribution is 0.0945. The molecule has 22 heavy (non-hydrogen) atoms. The van der Waals surface area contributed by atoms with E-state index in [9.17, 15) is 4.79 Å². The number of hydrogen-bond acceptors (Lipinski definition) is 5. The Balaban J connectivity index is 1.78. The van der Waals surface area contributed by atoms with Crippen LogP contribution in [0, 0.1) is 13.8 Å². The van der Waals surface area contributed by atoms with Gasteiger partial charge in [-0.2, -0.15) is 10.1 Å². The van der Waals surface area contributed by atoms with E-state index in [4.69, 9.17) is 0 Å². The largest absolute Gasteiger partial charge is 0.311 e. The summed E-state index contributed by atoms with van der Waals surface area (Å²) >= 11 is 0. The summed E-state index contributed by atoms with van der Waals surface area (Å²) in [7, 11) is 0. The fourth-order valence-electron chi connectivity index (χ4n) is 2.02. The molecule has 0 unspecified atom stereocenters. The molecule has 110 valence electrons. The highest BCUT2D eigenvalue weighted by molar-refractivity contribution is 5.91. The number of fused-ring (bicyclic) bond motifs is 1. The SMILES string of the molecule is Cc1cc(C)n2nc(C(=O)NN=Cc3ccccc3)nc2n1. The summed E-state index contributed by atoms with van der Waals surface area (Å²) < 4.78 is 1.53. The molecule has 0 saturated carbocycles. The molecule has 0 fully saturated rings. The Morgan fingerprint density at radius 2 is 2.00 bits per heavy atom. The Morgan fingerprint density at radius 3 is 2.77 bits per heavy atom. The van der Waals surface area contributed by atoms with E-state index < -0.39 is 5.91 Å². The van der Waals surface area contributed by atoms with Crippen LogP contribution in [0.25, 0.3) is 5.78 Å². The predicted octanol–water partition coefficient (Wildman–Crippen LogP) is 1.51. The Kier molecular flexibility index (Phi) is 3.61. The third-order valence-electron chi connectivity index (χ3n) is 3.00. The van der Waals surface area contributed by atoms with E-state index >= 15 is 0 Å². The molecule has 0 spiro atoms. The lowest BCUT2D eigenvalue weighted by Gasteiger charge is -1.97. The first-order chi connectivity index (χ1) is 10.6. The zero-order valence-electron chi connectivity index (χ0n) is 12.2. The van der Waals surface area contributed by atoms with Crippen LogP contribution in [0.1, 0.15) is 27.6 Å². The van der Waals surface area contributed by atoms with Gasteiger partial charge < -0.3 is 0 Å². The van der Waals surface area contributed by atoms with E-state index in [0.717, 1.165) is 17.0 Å². The number of aromatic nitrogens is 4. The molecule has 0 aliphatic rings. The summed E-state index contributed by atoms with van der Waals surface area (Å²) in [6, 6.07) is 11.3. The quantitative estimate of drug-likeness (QED) is 0.586. The molecule has 0 bridgehead atoms. The smallest absolute Gasteiger partial charge is 0.264 e. The minimum atomic E-state index is -0.477. The summed E-state index contributed by atoms with van der Waals surface area (Å²) in [6.45, 7) is 3.75. The molecule has 7 nitrogen and oxygen atoms in total. The molecule has 3 rings (SSSR count). The van der Waals surface area contributed by atoms with Crippen molar-refractivity contribution >= 4 is 17.9 Å². The molecule has 0 saturated heterocycles. The number of aryl methyl sites for hydroxylation is 2. The molecule has 1 aromatic carbocycles. The highest BCUT2D eigenvalue weighted by atomic mass is 16.2. The van der Waals surface area contributed by atoms with Gasteiger partial charge in [-0.15, -0.1) is 5.10 Å². The van der Waals surface area contributed by atoms with Crippen LogP contribution in [0.2, 0.25) is 0 Å². The number of carbonyl (C=O) groups is 1. The van der Waals surface area contributed by atoms with Crippen LogP contribution in [-0.2, 0) is 0 Å². The number of hydrogen-bond donors (Lipinski definition) is 1. The third kappa shape index (κ3) is 2.83. The zero-order valence-corrected chi connectivity index (χ0v) is 12.2. The molecule has 0 aliphatic carbocycles. The number of carbonyl (C=O) groups excluding carboxylic acids is 1. The topological polar surface area (TPSA) is 84.5 Å². The number of hydrazone groups is 1. The van der Waals surface area contributed by atoms with Gasteiger partial charge in [-0.25, -0.2) is 14.9 Å². The van der Waals surface area contributed by atoms with E-state index in [1.54, 1.807) is 6.21 Å². The van der Waals surface area contributed by atoms with Crippen LogP contribution in [0.4, 0.5) is 0 Å². The van der Waals surface area contributed by atoms with Crippen LogP contribution < -0.4 is 5.43 Å². The number of rotatable bonds is 3. The maximum atomic E-state index is 12.0. The molecule has 2 aromatic heterocycles. The van der Waals surface area contributed by atoms with Gasteiger partial charge in [-0.3, -0.25) is 4.79 Å². The van der Waals surface area contributed by atoms with Crippen molar-refractivity contribution in [2.75, 3.05) is 0 Å². The highest BCUT2D eigenvalue weighted by Gasteiger charge is 2.14. The fraction of sp³-hybridized carbons (Fsp3) is 0.133. The van der Waals surface area contributed by atoms with Crippen molar-refractivity contribution in [1.82, 2.24) is 25.0 Å². The van der Waals surface area contributed by atoms with Gasteiger partial charge in [0.15, 0.2) is 0 Å². The summed E-state index contributed by atoms with van der Waals surface area (Å²) in [4.78, 5) is 20.4. The molecular weight excluding hydrogens is 280 g/mol.